The number of nitrogens with one attached hydrogen (secondary N) is 1. The topological polar surface area (TPSA) is 49.4 Å². The molecule has 1 saturated carbocycles. The molecule has 2 rings (SSSR count). The molecule has 1 N–H and O–H groups in total. The van der Waals surface area contributed by atoms with Crippen molar-refractivity contribution < 1.29 is 9.59 Å². The Hall–Kier alpha value is -1.84. The number of benzene rings is 1. The molecule has 0 bridgehead atoms. The van der Waals surface area contributed by atoms with Crippen LogP contribution in [0.25, 0.3) is 0 Å². The van der Waals surface area contributed by atoms with Crippen LogP contribution in [0.4, 0.5) is 0 Å². The SMILES string of the molecule is CC(C)C(NC(=O)c1ccc(C(C)(C)C)cc1)C(=O)N(C)C1CCCC1. The minimum absolute atomic E-state index is 0.0200. The third kappa shape index (κ3) is 4.87. The molecular formula is C22H34N2O2. The Morgan fingerprint density at radius 2 is 1.62 bits per heavy atom. The third-order valence-electron chi connectivity index (χ3n) is 5.45. The van der Waals surface area contributed by atoms with Gasteiger partial charge < -0.3 is 10.2 Å². The number of carbonyl (C=O) groups excluding carboxylic acids is 2. The highest BCUT2D eigenvalue weighted by Crippen LogP contribution is 2.24. The van der Waals surface area contributed by atoms with E-state index in [2.05, 4.69) is 26.1 Å². The second-order valence-corrected chi connectivity index (χ2v) is 8.91. The summed E-state index contributed by atoms with van der Waals surface area (Å²) >= 11 is 0. The minimum atomic E-state index is -0.490. The summed E-state index contributed by atoms with van der Waals surface area (Å²) in [5, 5.41) is 2.96. The Morgan fingerprint density at radius 3 is 2.08 bits per heavy atom. The molecule has 144 valence electrons. The molecule has 1 aromatic rings. The fourth-order valence-corrected chi connectivity index (χ4v) is 3.55. The van der Waals surface area contributed by atoms with Gasteiger partial charge in [-0.15, -0.1) is 0 Å². The van der Waals surface area contributed by atoms with E-state index in [0.717, 1.165) is 12.8 Å². The molecule has 1 fully saturated rings. The van der Waals surface area contributed by atoms with Crippen LogP contribution in [0.15, 0.2) is 24.3 Å². The number of likely N-dealkylation sites (N-methyl/N-ethyl adjacent to an activating group) is 1. The zero-order valence-electron chi connectivity index (χ0n) is 17.1. The van der Waals surface area contributed by atoms with E-state index in [4.69, 9.17) is 0 Å². The van der Waals surface area contributed by atoms with Crippen molar-refractivity contribution in [2.24, 2.45) is 5.92 Å². The first kappa shape index (κ1) is 20.5. The lowest BCUT2D eigenvalue weighted by molar-refractivity contribution is -0.135. The van der Waals surface area contributed by atoms with E-state index in [0.29, 0.717) is 11.6 Å². The highest BCUT2D eigenvalue weighted by Gasteiger charge is 2.31. The third-order valence-corrected chi connectivity index (χ3v) is 5.45. The molecule has 0 spiro atoms. The molecule has 0 radical (unpaired) electrons. The average molecular weight is 359 g/mol. The number of hydrogen-bond donors (Lipinski definition) is 1. The zero-order valence-corrected chi connectivity index (χ0v) is 17.1. The van der Waals surface area contributed by atoms with Crippen molar-refractivity contribution in [2.75, 3.05) is 7.05 Å². The van der Waals surface area contributed by atoms with Gasteiger partial charge in [-0.1, -0.05) is 59.6 Å². The molecule has 0 aromatic heterocycles. The lowest BCUT2D eigenvalue weighted by Crippen LogP contribution is -2.52. The molecule has 4 heteroatoms. The Morgan fingerprint density at radius 1 is 1.08 bits per heavy atom. The normalized spacial score (nSPS) is 16.6. The summed E-state index contributed by atoms with van der Waals surface area (Å²) in [4.78, 5) is 27.5. The summed E-state index contributed by atoms with van der Waals surface area (Å²) in [7, 11) is 1.87. The van der Waals surface area contributed by atoms with Crippen LogP contribution in [-0.2, 0) is 10.2 Å². The molecule has 26 heavy (non-hydrogen) atoms. The largest absolute Gasteiger partial charge is 0.341 e. The highest BCUT2D eigenvalue weighted by molar-refractivity contribution is 5.97. The van der Waals surface area contributed by atoms with Gasteiger partial charge in [0, 0.05) is 18.7 Å². The van der Waals surface area contributed by atoms with Gasteiger partial charge in [0.15, 0.2) is 0 Å². The smallest absolute Gasteiger partial charge is 0.251 e. The number of nitrogens with zero attached hydrogens (tertiary/aromatic N) is 1. The van der Waals surface area contributed by atoms with Gasteiger partial charge in [0.25, 0.3) is 5.91 Å². The van der Waals surface area contributed by atoms with E-state index in [1.54, 1.807) is 0 Å². The van der Waals surface area contributed by atoms with Gasteiger partial charge in [-0.25, -0.2) is 0 Å². The standard InChI is InChI=1S/C22H34N2O2/c1-15(2)19(21(26)24(6)18-9-7-8-10-18)23-20(25)16-11-13-17(14-12-16)22(3,4)5/h11-15,18-19H,7-10H2,1-6H3,(H,23,25). The molecule has 1 aromatic carbocycles. The van der Waals surface area contributed by atoms with Crippen LogP contribution in [0.1, 0.15) is 76.2 Å². The lowest BCUT2D eigenvalue weighted by Gasteiger charge is -2.31. The first-order valence-electron chi connectivity index (χ1n) is 9.79. The molecular weight excluding hydrogens is 324 g/mol. The van der Waals surface area contributed by atoms with Gasteiger partial charge in [0.05, 0.1) is 0 Å². The molecule has 1 aliphatic rings. The molecule has 1 atom stereocenters. The summed E-state index contributed by atoms with van der Waals surface area (Å²) in [6.07, 6.45) is 4.49. The van der Waals surface area contributed by atoms with Crippen molar-refractivity contribution in [3.05, 3.63) is 35.4 Å². The zero-order chi connectivity index (χ0) is 19.5. The molecule has 1 unspecified atom stereocenters. The van der Waals surface area contributed by atoms with Crippen molar-refractivity contribution in [3.8, 4) is 0 Å². The van der Waals surface area contributed by atoms with Crippen LogP contribution < -0.4 is 5.32 Å². The molecule has 2 amide bonds. The first-order valence-corrected chi connectivity index (χ1v) is 9.79. The average Bonchev–Trinajstić information content (AvgIpc) is 3.11. The second-order valence-electron chi connectivity index (χ2n) is 8.91. The molecule has 0 heterocycles. The Kier molecular flexibility index (Phi) is 6.48. The molecule has 1 aliphatic carbocycles. The van der Waals surface area contributed by atoms with Crippen LogP contribution in [0, 0.1) is 5.92 Å². The number of hydrogen-bond acceptors (Lipinski definition) is 2. The van der Waals surface area contributed by atoms with E-state index in [-0.39, 0.29) is 23.1 Å². The first-order chi connectivity index (χ1) is 12.1. The van der Waals surface area contributed by atoms with Crippen molar-refractivity contribution in [1.82, 2.24) is 10.2 Å². The predicted octanol–water partition coefficient (Wildman–Crippen LogP) is 4.14. The Bertz CT molecular complexity index is 623. The van der Waals surface area contributed by atoms with Crippen molar-refractivity contribution in [3.63, 3.8) is 0 Å². The maximum atomic E-state index is 12.9. The molecule has 0 aliphatic heterocycles. The van der Waals surface area contributed by atoms with Crippen LogP contribution in [0.5, 0.6) is 0 Å². The maximum absolute atomic E-state index is 12.9. The number of carbonyl (C=O) groups is 2. The fourth-order valence-electron chi connectivity index (χ4n) is 3.55. The molecule has 4 nitrogen and oxygen atoms in total. The minimum Gasteiger partial charge on any atom is -0.341 e. The maximum Gasteiger partial charge on any atom is 0.251 e. The quantitative estimate of drug-likeness (QED) is 0.860. The van der Waals surface area contributed by atoms with Crippen LogP contribution in [0.3, 0.4) is 0 Å². The van der Waals surface area contributed by atoms with Gasteiger partial charge >= 0.3 is 0 Å². The van der Waals surface area contributed by atoms with E-state index in [9.17, 15) is 9.59 Å². The van der Waals surface area contributed by atoms with Gasteiger partial charge in [-0.3, -0.25) is 9.59 Å². The van der Waals surface area contributed by atoms with Crippen LogP contribution in [-0.4, -0.2) is 35.8 Å². The van der Waals surface area contributed by atoms with Crippen LogP contribution >= 0.6 is 0 Å². The van der Waals surface area contributed by atoms with Crippen molar-refractivity contribution >= 4 is 11.8 Å². The summed E-state index contributed by atoms with van der Waals surface area (Å²) in [5.74, 6) is -0.118. The summed E-state index contributed by atoms with van der Waals surface area (Å²) in [6.45, 7) is 10.4. The predicted molar refractivity (Wildman–Crippen MR) is 106 cm³/mol. The van der Waals surface area contributed by atoms with Gasteiger partial charge in [-0.2, -0.15) is 0 Å². The van der Waals surface area contributed by atoms with E-state index in [1.807, 2.05) is 50.1 Å². The highest BCUT2D eigenvalue weighted by atomic mass is 16.2. The number of amides is 2. The van der Waals surface area contributed by atoms with Crippen molar-refractivity contribution in [2.45, 2.75) is 77.8 Å². The van der Waals surface area contributed by atoms with Gasteiger partial charge in [0.2, 0.25) is 5.91 Å². The van der Waals surface area contributed by atoms with Gasteiger partial charge in [-0.05, 0) is 41.9 Å². The Labute approximate surface area is 158 Å². The van der Waals surface area contributed by atoms with E-state index in [1.165, 1.54) is 18.4 Å². The monoisotopic (exact) mass is 358 g/mol. The fraction of sp³-hybridized carbons (Fsp3) is 0.636. The summed E-state index contributed by atoms with van der Waals surface area (Å²) < 4.78 is 0. The van der Waals surface area contributed by atoms with Crippen molar-refractivity contribution in [1.29, 1.82) is 0 Å². The van der Waals surface area contributed by atoms with E-state index >= 15 is 0 Å². The second kappa shape index (κ2) is 8.24. The van der Waals surface area contributed by atoms with E-state index < -0.39 is 6.04 Å². The Balaban J connectivity index is 2.08. The lowest BCUT2D eigenvalue weighted by atomic mass is 9.86. The summed E-state index contributed by atoms with van der Waals surface area (Å²) in [6, 6.07) is 7.50. The van der Waals surface area contributed by atoms with Gasteiger partial charge in [0.1, 0.15) is 6.04 Å². The number of rotatable bonds is 5. The van der Waals surface area contributed by atoms with Crippen LogP contribution in [0.2, 0.25) is 0 Å². The summed E-state index contributed by atoms with van der Waals surface area (Å²) in [5.41, 5.74) is 1.83. The molecule has 0 saturated heterocycles.